The van der Waals surface area contributed by atoms with Gasteiger partial charge in [-0.15, -0.1) is 0 Å². The molecule has 2 unspecified atom stereocenters. The lowest BCUT2D eigenvalue weighted by molar-refractivity contribution is -0.109. The first-order valence-electron chi connectivity index (χ1n) is 5.34. The predicted octanol–water partition coefficient (Wildman–Crippen LogP) is 0.992. The van der Waals surface area contributed by atoms with Crippen molar-refractivity contribution in [3.8, 4) is 0 Å². The number of aliphatic hydroxyl groups is 3. The van der Waals surface area contributed by atoms with Gasteiger partial charge in [0, 0.05) is 18.2 Å². The monoisotopic (exact) mass is 274 g/mol. The number of rotatable bonds is 5. The molecule has 0 aliphatic heterocycles. The third kappa shape index (κ3) is 4.06. The van der Waals surface area contributed by atoms with Gasteiger partial charge in [-0.25, -0.2) is 4.39 Å². The lowest BCUT2D eigenvalue weighted by atomic mass is 10.0. The summed E-state index contributed by atoms with van der Waals surface area (Å²) in [5.74, 6) is -0.511. The number of halogens is 1. The molecule has 1 aromatic rings. The van der Waals surface area contributed by atoms with Crippen LogP contribution in [0.2, 0.25) is 0 Å². The van der Waals surface area contributed by atoms with Gasteiger partial charge < -0.3 is 15.3 Å². The lowest BCUT2D eigenvalue weighted by Gasteiger charge is -2.18. The van der Waals surface area contributed by atoms with Crippen LogP contribution >= 0.6 is 11.8 Å². The highest BCUT2D eigenvalue weighted by Crippen LogP contribution is 2.22. The van der Waals surface area contributed by atoms with Gasteiger partial charge in [0.1, 0.15) is 11.9 Å². The van der Waals surface area contributed by atoms with Crippen LogP contribution in [-0.4, -0.2) is 32.3 Å². The normalized spacial score (nSPS) is 14.3. The molecule has 1 aromatic carbocycles. The molecule has 0 bridgehead atoms. The largest absolute Gasteiger partial charge is 0.392 e. The van der Waals surface area contributed by atoms with Gasteiger partial charge in [-0.05, 0) is 17.7 Å². The Balaban J connectivity index is 2.76. The quantitative estimate of drug-likeness (QED) is 0.746. The van der Waals surface area contributed by atoms with Crippen LogP contribution in [0, 0.1) is 5.82 Å². The van der Waals surface area contributed by atoms with Crippen molar-refractivity contribution in [3.05, 3.63) is 35.1 Å². The molecule has 6 heteroatoms. The Morgan fingerprint density at radius 1 is 1.44 bits per heavy atom. The van der Waals surface area contributed by atoms with Crippen molar-refractivity contribution in [1.82, 2.24) is 0 Å². The van der Waals surface area contributed by atoms with E-state index in [4.69, 9.17) is 5.11 Å². The summed E-state index contributed by atoms with van der Waals surface area (Å²) in [5, 5.41) is 28.3. The maximum Gasteiger partial charge on any atom is 0.185 e. The molecule has 0 saturated carbocycles. The summed E-state index contributed by atoms with van der Waals surface area (Å²) in [6.07, 6.45) is -2.35. The highest BCUT2D eigenvalue weighted by molar-refractivity contribution is 8.13. The van der Waals surface area contributed by atoms with Crippen LogP contribution in [0.25, 0.3) is 0 Å². The first-order chi connectivity index (χ1) is 8.45. The number of carbonyl (C=O) groups excluding carboxylic acids is 1. The van der Waals surface area contributed by atoms with E-state index in [-0.39, 0.29) is 16.4 Å². The molecule has 0 amide bonds. The summed E-state index contributed by atoms with van der Waals surface area (Å²) in [6.45, 7) is 0.885. The Morgan fingerprint density at radius 3 is 2.67 bits per heavy atom. The van der Waals surface area contributed by atoms with E-state index in [1.54, 1.807) is 0 Å². The molecule has 18 heavy (non-hydrogen) atoms. The molecule has 0 heterocycles. The highest BCUT2D eigenvalue weighted by atomic mass is 32.2. The molecule has 0 aliphatic carbocycles. The van der Waals surface area contributed by atoms with Gasteiger partial charge in [0.15, 0.2) is 5.12 Å². The lowest BCUT2D eigenvalue weighted by Crippen LogP contribution is -2.21. The maximum atomic E-state index is 13.1. The predicted molar refractivity (Wildman–Crippen MR) is 66.4 cm³/mol. The van der Waals surface area contributed by atoms with Crippen LogP contribution in [0.1, 0.15) is 24.2 Å². The second-order valence-corrected chi connectivity index (χ2v) is 5.02. The van der Waals surface area contributed by atoms with Crippen molar-refractivity contribution < 1.29 is 24.5 Å². The first kappa shape index (κ1) is 15.1. The highest BCUT2D eigenvalue weighted by Gasteiger charge is 2.20. The van der Waals surface area contributed by atoms with Crippen LogP contribution in [0.5, 0.6) is 0 Å². The summed E-state index contributed by atoms with van der Waals surface area (Å²) >= 11 is 0.903. The van der Waals surface area contributed by atoms with E-state index in [1.165, 1.54) is 19.1 Å². The molecular weight excluding hydrogens is 259 g/mol. The smallest absolute Gasteiger partial charge is 0.185 e. The fourth-order valence-corrected chi connectivity index (χ4v) is 2.00. The van der Waals surface area contributed by atoms with Crippen molar-refractivity contribution in [2.24, 2.45) is 0 Å². The van der Waals surface area contributed by atoms with E-state index in [2.05, 4.69) is 0 Å². The SMILES string of the molecule is CC(=O)SCC(O)C(O)c1ccc(F)c(CO)c1. The van der Waals surface area contributed by atoms with Gasteiger partial charge in [0.05, 0.1) is 12.7 Å². The molecule has 100 valence electrons. The third-order valence-corrected chi connectivity index (χ3v) is 3.32. The summed E-state index contributed by atoms with van der Waals surface area (Å²) in [6, 6.07) is 3.75. The second kappa shape index (κ2) is 6.84. The molecule has 0 saturated heterocycles. The second-order valence-electron chi connectivity index (χ2n) is 3.82. The fourth-order valence-electron chi connectivity index (χ4n) is 1.42. The van der Waals surface area contributed by atoms with Crippen LogP contribution in [-0.2, 0) is 11.4 Å². The van der Waals surface area contributed by atoms with E-state index in [1.807, 2.05) is 0 Å². The van der Waals surface area contributed by atoms with Crippen LogP contribution < -0.4 is 0 Å². The summed E-state index contributed by atoms with van der Waals surface area (Å²) < 4.78 is 13.1. The van der Waals surface area contributed by atoms with E-state index in [0.717, 1.165) is 17.8 Å². The summed E-state index contributed by atoms with van der Waals surface area (Å²) in [4.78, 5) is 10.7. The molecule has 1 rings (SSSR count). The number of thioether (sulfide) groups is 1. The van der Waals surface area contributed by atoms with Gasteiger partial charge in [-0.3, -0.25) is 4.79 Å². The van der Waals surface area contributed by atoms with E-state index < -0.39 is 24.6 Å². The molecule has 3 N–H and O–H groups in total. The fraction of sp³-hybridized carbons (Fsp3) is 0.417. The zero-order valence-electron chi connectivity index (χ0n) is 9.84. The minimum absolute atomic E-state index is 0.0537. The van der Waals surface area contributed by atoms with Crippen molar-refractivity contribution >= 4 is 16.9 Å². The zero-order valence-corrected chi connectivity index (χ0v) is 10.7. The molecule has 2 atom stereocenters. The van der Waals surface area contributed by atoms with Gasteiger partial charge in [0.25, 0.3) is 0 Å². The van der Waals surface area contributed by atoms with Crippen molar-refractivity contribution in [1.29, 1.82) is 0 Å². The van der Waals surface area contributed by atoms with Crippen molar-refractivity contribution in [3.63, 3.8) is 0 Å². The maximum absolute atomic E-state index is 13.1. The van der Waals surface area contributed by atoms with Crippen LogP contribution in [0.15, 0.2) is 18.2 Å². The van der Waals surface area contributed by atoms with Crippen molar-refractivity contribution in [2.45, 2.75) is 25.7 Å². The Labute approximate surface area is 108 Å². The standard InChI is InChI=1S/C12H15FO4S/c1-7(15)18-6-11(16)12(17)8-2-3-10(13)9(4-8)5-14/h2-4,11-12,14,16-17H,5-6H2,1H3. The number of hydrogen-bond donors (Lipinski definition) is 3. The first-order valence-corrected chi connectivity index (χ1v) is 6.33. The van der Waals surface area contributed by atoms with Gasteiger partial charge in [-0.1, -0.05) is 17.8 Å². The summed E-state index contributed by atoms with van der Waals surface area (Å²) in [7, 11) is 0. The Hall–Kier alpha value is -0.950. The van der Waals surface area contributed by atoms with Crippen LogP contribution in [0.3, 0.4) is 0 Å². The zero-order chi connectivity index (χ0) is 13.7. The molecule has 4 nitrogen and oxygen atoms in total. The molecule has 0 radical (unpaired) electrons. The molecule has 0 spiro atoms. The minimum Gasteiger partial charge on any atom is -0.392 e. The number of hydrogen-bond acceptors (Lipinski definition) is 5. The topological polar surface area (TPSA) is 77.8 Å². The third-order valence-electron chi connectivity index (χ3n) is 2.40. The average Bonchev–Trinajstić information content (AvgIpc) is 2.35. The average molecular weight is 274 g/mol. The Morgan fingerprint density at radius 2 is 2.11 bits per heavy atom. The van der Waals surface area contributed by atoms with Crippen molar-refractivity contribution in [2.75, 3.05) is 5.75 Å². The van der Waals surface area contributed by atoms with E-state index in [9.17, 15) is 19.4 Å². The molecule has 0 aromatic heterocycles. The number of carbonyl (C=O) groups is 1. The van der Waals surface area contributed by atoms with Crippen LogP contribution in [0.4, 0.5) is 4.39 Å². The van der Waals surface area contributed by atoms with E-state index in [0.29, 0.717) is 5.56 Å². The molecule has 0 fully saturated rings. The Kier molecular flexibility index (Phi) is 5.74. The molecular formula is C12H15FO4S. The van der Waals surface area contributed by atoms with Gasteiger partial charge in [-0.2, -0.15) is 0 Å². The van der Waals surface area contributed by atoms with Gasteiger partial charge in [0.2, 0.25) is 0 Å². The molecule has 0 aliphatic rings. The van der Waals surface area contributed by atoms with E-state index >= 15 is 0 Å². The summed E-state index contributed by atoms with van der Waals surface area (Å²) in [5.41, 5.74) is 0.357. The Bertz CT molecular complexity index is 425. The number of aliphatic hydroxyl groups excluding tert-OH is 3. The van der Waals surface area contributed by atoms with Gasteiger partial charge >= 0.3 is 0 Å². The number of benzene rings is 1. The minimum atomic E-state index is -1.22.